The summed E-state index contributed by atoms with van der Waals surface area (Å²) in [5, 5.41) is 22.3. The molecule has 0 radical (unpaired) electrons. The van der Waals surface area contributed by atoms with Crippen LogP contribution in [0.25, 0.3) is 0 Å². The second-order valence-electron chi connectivity index (χ2n) is 6.17. The van der Waals surface area contributed by atoms with E-state index in [9.17, 15) is 10.4 Å². The molecule has 3 heteroatoms. The van der Waals surface area contributed by atoms with Crippen LogP contribution < -0.4 is 5.32 Å². The molecule has 1 aromatic rings. The van der Waals surface area contributed by atoms with Gasteiger partial charge in [0, 0.05) is 13.1 Å². The Kier molecular flexibility index (Phi) is 6.01. The Bertz CT molecular complexity index is 403. The third-order valence-corrected chi connectivity index (χ3v) is 2.93. The molecule has 0 amide bonds. The van der Waals surface area contributed by atoms with E-state index in [-0.39, 0.29) is 17.4 Å². The minimum atomic E-state index is -0.366. The second kappa shape index (κ2) is 7.28. The molecular formula is C16H24N2O. The van der Waals surface area contributed by atoms with Gasteiger partial charge < -0.3 is 10.4 Å². The molecule has 0 aromatic heterocycles. The summed E-state index contributed by atoms with van der Waals surface area (Å²) in [4.78, 5) is 0. The fourth-order valence-electron chi connectivity index (χ4n) is 2.10. The summed E-state index contributed by atoms with van der Waals surface area (Å²) < 4.78 is 0. The fourth-order valence-corrected chi connectivity index (χ4v) is 2.10. The van der Waals surface area contributed by atoms with Crippen LogP contribution >= 0.6 is 0 Å². The molecule has 0 saturated carbocycles. The van der Waals surface area contributed by atoms with E-state index in [0.29, 0.717) is 13.1 Å². The maximum atomic E-state index is 9.90. The predicted molar refractivity (Wildman–Crippen MR) is 77.7 cm³/mol. The first-order chi connectivity index (χ1) is 8.92. The Morgan fingerprint density at radius 3 is 2.37 bits per heavy atom. The molecule has 0 fully saturated rings. The standard InChI is InChI=1S/C16H24N2O/c1-16(2,3)9-15(19)12-18-11-14(10-17)13-7-5-4-6-8-13/h4-8,14-15,18-19H,9,11-12H2,1-3H3. The summed E-state index contributed by atoms with van der Waals surface area (Å²) >= 11 is 0. The van der Waals surface area contributed by atoms with E-state index >= 15 is 0 Å². The smallest absolute Gasteiger partial charge is 0.0837 e. The van der Waals surface area contributed by atoms with Gasteiger partial charge in [-0.15, -0.1) is 0 Å². The van der Waals surface area contributed by atoms with Crippen LogP contribution in [0, 0.1) is 16.7 Å². The third-order valence-electron chi connectivity index (χ3n) is 2.93. The third kappa shape index (κ3) is 6.37. The van der Waals surface area contributed by atoms with E-state index in [4.69, 9.17) is 0 Å². The van der Waals surface area contributed by atoms with Gasteiger partial charge in [0.1, 0.15) is 0 Å². The molecule has 104 valence electrons. The molecule has 0 bridgehead atoms. The summed E-state index contributed by atoms with van der Waals surface area (Å²) in [6.07, 6.45) is 0.387. The van der Waals surface area contributed by atoms with Gasteiger partial charge in [-0.2, -0.15) is 5.26 Å². The Balaban J connectivity index is 2.38. The van der Waals surface area contributed by atoms with Crippen LogP contribution in [0.4, 0.5) is 0 Å². The van der Waals surface area contributed by atoms with Crippen molar-refractivity contribution < 1.29 is 5.11 Å². The molecule has 0 aliphatic carbocycles. The van der Waals surface area contributed by atoms with Crippen LogP contribution in [0.3, 0.4) is 0 Å². The number of benzene rings is 1. The maximum absolute atomic E-state index is 9.90. The Morgan fingerprint density at radius 2 is 1.84 bits per heavy atom. The molecule has 1 aromatic carbocycles. The zero-order chi connectivity index (χ0) is 14.3. The van der Waals surface area contributed by atoms with Crippen molar-refractivity contribution in [1.29, 1.82) is 5.26 Å². The number of hydrogen-bond acceptors (Lipinski definition) is 3. The molecule has 0 spiro atoms. The topological polar surface area (TPSA) is 56.0 Å². The van der Waals surface area contributed by atoms with Crippen molar-refractivity contribution in [2.24, 2.45) is 5.41 Å². The summed E-state index contributed by atoms with van der Waals surface area (Å²) in [7, 11) is 0. The van der Waals surface area contributed by atoms with Crippen molar-refractivity contribution in [2.75, 3.05) is 13.1 Å². The molecule has 2 atom stereocenters. The molecule has 2 unspecified atom stereocenters. The lowest BCUT2D eigenvalue weighted by Crippen LogP contribution is -2.32. The van der Waals surface area contributed by atoms with E-state index in [1.807, 2.05) is 30.3 Å². The van der Waals surface area contributed by atoms with Gasteiger partial charge >= 0.3 is 0 Å². The lowest BCUT2D eigenvalue weighted by Gasteiger charge is -2.23. The van der Waals surface area contributed by atoms with Crippen molar-refractivity contribution in [3.8, 4) is 6.07 Å². The quantitative estimate of drug-likeness (QED) is 0.827. The van der Waals surface area contributed by atoms with E-state index in [2.05, 4.69) is 32.2 Å². The minimum absolute atomic E-state index is 0.120. The summed E-state index contributed by atoms with van der Waals surface area (Å²) in [5.41, 5.74) is 1.14. The minimum Gasteiger partial charge on any atom is -0.392 e. The molecule has 0 saturated heterocycles. The highest BCUT2D eigenvalue weighted by molar-refractivity contribution is 5.24. The van der Waals surface area contributed by atoms with Crippen LogP contribution in [-0.4, -0.2) is 24.3 Å². The fraction of sp³-hybridized carbons (Fsp3) is 0.562. The average molecular weight is 260 g/mol. The Morgan fingerprint density at radius 1 is 1.21 bits per heavy atom. The van der Waals surface area contributed by atoms with Gasteiger partial charge in [0.25, 0.3) is 0 Å². The number of nitriles is 1. The molecule has 0 heterocycles. The number of nitrogens with one attached hydrogen (secondary N) is 1. The van der Waals surface area contributed by atoms with Gasteiger partial charge in [-0.25, -0.2) is 0 Å². The number of rotatable bonds is 6. The number of hydrogen-bond donors (Lipinski definition) is 2. The van der Waals surface area contributed by atoms with Crippen molar-refractivity contribution in [2.45, 2.75) is 39.2 Å². The highest BCUT2D eigenvalue weighted by atomic mass is 16.3. The van der Waals surface area contributed by atoms with Gasteiger partial charge in [-0.1, -0.05) is 51.1 Å². The van der Waals surface area contributed by atoms with Gasteiger partial charge in [0.05, 0.1) is 18.1 Å². The molecule has 1 rings (SSSR count). The second-order valence-corrected chi connectivity index (χ2v) is 6.17. The monoisotopic (exact) mass is 260 g/mol. The highest BCUT2D eigenvalue weighted by Crippen LogP contribution is 2.20. The van der Waals surface area contributed by atoms with Crippen LogP contribution in [-0.2, 0) is 0 Å². The first kappa shape index (κ1) is 15.7. The zero-order valence-corrected chi connectivity index (χ0v) is 12.1. The molecular weight excluding hydrogens is 236 g/mol. The SMILES string of the molecule is CC(C)(C)CC(O)CNCC(C#N)c1ccccc1. The van der Waals surface area contributed by atoms with Crippen LogP contribution in [0.15, 0.2) is 30.3 Å². The van der Waals surface area contributed by atoms with Crippen molar-refractivity contribution in [1.82, 2.24) is 5.32 Å². The number of nitrogens with zero attached hydrogens (tertiary/aromatic N) is 1. The number of aliphatic hydroxyl groups is 1. The molecule has 3 nitrogen and oxygen atoms in total. The van der Waals surface area contributed by atoms with E-state index < -0.39 is 0 Å². The van der Waals surface area contributed by atoms with Gasteiger partial charge in [-0.05, 0) is 17.4 Å². The Labute approximate surface area is 116 Å². The molecule has 2 N–H and O–H groups in total. The highest BCUT2D eigenvalue weighted by Gasteiger charge is 2.17. The van der Waals surface area contributed by atoms with Crippen LogP contribution in [0.5, 0.6) is 0 Å². The van der Waals surface area contributed by atoms with E-state index in [1.165, 1.54) is 0 Å². The zero-order valence-electron chi connectivity index (χ0n) is 12.1. The number of aliphatic hydroxyl groups excluding tert-OH is 1. The summed E-state index contributed by atoms with van der Waals surface area (Å²) in [5.74, 6) is -0.164. The summed E-state index contributed by atoms with van der Waals surface area (Å²) in [6.45, 7) is 7.43. The molecule has 0 aliphatic rings. The normalized spacial score (nSPS) is 14.7. The summed E-state index contributed by atoms with van der Waals surface area (Å²) in [6, 6.07) is 12.0. The van der Waals surface area contributed by atoms with Gasteiger partial charge in [0.15, 0.2) is 0 Å². The average Bonchev–Trinajstić information content (AvgIpc) is 2.33. The van der Waals surface area contributed by atoms with Gasteiger partial charge in [-0.3, -0.25) is 0 Å². The van der Waals surface area contributed by atoms with E-state index in [0.717, 1.165) is 12.0 Å². The first-order valence-electron chi connectivity index (χ1n) is 6.76. The molecule has 19 heavy (non-hydrogen) atoms. The predicted octanol–water partition coefficient (Wildman–Crippen LogP) is 2.68. The molecule has 0 aliphatic heterocycles. The van der Waals surface area contributed by atoms with Crippen molar-refractivity contribution in [3.63, 3.8) is 0 Å². The first-order valence-corrected chi connectivity index (χ1v) is 6.76. The van der Waals surface area contributed by atoms with E-state index in [1.54, 1.807) is 0 Å². The lowest BCUT2D eigenvalue weighted by molar-refractivity contribution is 0.120. The van der Waals surface area contributed by atoms with Crippen LogP contribution in [0.2, 0.25) is 0 Å². The van der Waals surface area contributed by atoms with Crippen LogP contribution in [0.1, 0.15) is 38.7 Å². The van der Waals surface area contributed by atoms with Crippen molar-refractivity contribution >= 4 is 0 Å². The maximum Gasteiger partial charge on any atom is 0.0837 e. The Hall–Kier alpha value is -1.37. The van der Waals surface area contributed by atoms with Gasteiger partial charge in [0.2, 0.25) is 0 Å². The largest absolute Gasteiger partial charge is 0.392 e. The lowest BCUT2D eigenvalue weighted by atomic mass is 9.89. The van der Waals surface area contributed by atoms with Crippen molar-refractivity contribution in [3.05, 3.63) is 35.9 Å².